The summed E-state index contributed by atoms with van der Waals surface area (Å²) >= 11 is 0. The first kappa shape index (κ1) is 21.3. The van der Waals surface area contributed by atoms with Gasteiger partial charge in [0, 0.05) is 31.8 Å². The zero-order chi connectivity index (χ0) is 22.8. The number of likely N-dealkylation sites (tertiary alicyclic amines) is 1. The van der Waals surface area contributed by atoms with E-state index in [0.717, 1.165) is 28.3 Å². The first-order valence-electron chi connectivity index (χ1n) is 11.1. The van der Waals surface area contributed by atoms with E-state index in [1.54, 1.807) is 20.4 Å². The fourth-order valence-corrected chi connectivity index (χ4v) is 4.57. The number of aromatic nitrogens is 1. The number of anilines is 1. The van der Waals surface area contributed by atoms with Crippen LogP contribution in [0.3, 0.4) is 0 Å². The highest BCUT2D eigenvalue weighted by molar-refractivity contribution is 5.99. The standard InChI is InChI=1S/C26H27N3O4/c1-31-20-10-7-18(8-11-20)16-29-22-5-3-4-6-24(22)33-21-13-23(26(29)30)28(17-21)15-19-9-12-25(32-2)27-14-19/h3-12,14,21,23H,13,15-17H2,1-2H3/t21-,23-/m0/s1. The number of ether oxygens (including phenoxy) is 3. The van der Waals surface area contributed by atoms with Crippen molar-refractivity contribution in [2.24, 2.45) is 0 Å². The normalized spacial score (nSPS) is 19.9. The maximum absolute atomic E-state index is 13.9. The number of rotatable bonds is 6. The third-order valence-corrected chi connectivity index (χ3v) is 6.26. The predicted molar refractivity (Wildman–Crippen MR) is 125 cm³/mol. The molecule has 0 spiro atoms. The molecule has 3 heterocycles. The van der Waals surface area contributed by atoms with Crippen molar-refractivity contribution in [3.63, 3.8) is 0 Å². The fourth-order valence-electron chi connectivity index (χ4n) is 4.57. The Morgan fingerprint density at radius 2 is 1.76 bits per heavy atom. The topological polar surface area (TPSA) is 64.1 Å². The van der Waals surface area contributed by atoms with Gasteiger partial charge in [-0.05, 0) is 35.4 Å². The van der Waals surface area contributed by atoms with Crippen LogP contribution in [0.25, 0.3) is 0 Å². The smallest absolute Gasteiger partial charge is 0.244 e. The lowest BCUT2D eigenvalue weighted by Gasteiger charge is -2.32. The van der Waals surface area contributed by atoms with Crippen LogP contribution < -0.4 is 19.1 Å². The monoisotopic (exact) mass is 445 g/mol. The minimum Gasteiger partial charge on any atom is -0.497 e. The van der Waals surface area contributed by atoms with Gasteiger partial charge in [-0.25, -0.2) is 4.98 Å². The summed E-state index contributed by atoms with van der Waals surface area (Å²) in [6.45, 7) is 1.77. The number of fused-ring (bicyclic) bond motifs is 3. The van der Waals surface area contributed by atoms with Gasteiger partial charge < -0.3 is 19.1 Å². The lowest BCUT2D eigenvalue weighted by atomic mass is 10.1. The second kappa shape index (κ2) is 9.11. The lowest BCUT2D eigenvalue weighted by Crippen LogP contribution is -2.45. The molecule has 0 unspecified atom stereocenters. The van der Waals surface area contributed by atoms with E-state index in [-0.39, 0.29) is 18.1 Å². The number of benzene rings is 2. The molecule has 7 heteroatoms. The van der Waals surface area contributed by atoms with Crippen molar-refractivity contribution in [2.75, 3.05) is 25.7 Å². The minimum atomic E-state index is -0.260. The summed E-state index contributed by atoms with van der Waals surface area (Å²) in [6, 6.07) is 19.2. The summed E-state index contributed by atoms with van der Waals surface area (Å²) in [5, 5.41) is 0. The van der Waals surface area contributed by atoms with Crippen molar-refractivity contribution in [1.29, 1.82) is 0 Å². The molecule has 1 amide bonds. The maximum atomic E-state index is 13.9. The third kappa shape index (κ3) is 4.36. The van der Waals surface area contributed by atoms with Crippen LogP contribution in [-0.4, -0.2) is 48.7 Å². The second-order valence-electron chi connectivity index (χ2n) is 8.37. The van der Waals surface area contributed by atoms with Gasteiger partial charge in [0.2, 0.25) is 11.8 Å². The maximum Gasteiger partial charge on any atom is 0.244 e. The molecule has 0 saturated carbocycles. The molecule has 2 bridgehead atoms. The number of carbonyl (C=O) groups excluding carboxylic acids is 1. The van der Waals surface area contributed by atoms with E-state index >= 15 is 0 Å². The first-order valence-corrected chi connectivity index (χ1v) is 11.1. The number of methoxy groups -OCH3 is 2. The molecule has 2 aromatic carbocycles. The van der Waals surface area contributed by atoms with Gasteiger partial charge in [-0.2, -0.15) is 0 Å². The number of pyridine rings is 1. The molecule has 0 N–H and O–H groups in total. The van der Waals surface area contributed by atoms with Crippen molar-refractivity contribution in [1.82, 2.24) is 9.88 Å². The summed E-state index contributed by atoms with van der Waals surface area (Å²) in [5.41, 5.74) is 2.87. The minimum absolute atomic E-state index is 0.0329. The predicted octanol–water partition coefficient (Wildman–Crippen LogP) is 3.67. The van der Waals surface area contributed by atoms with Crippen molar-refractivity contribution in [3.05, 3.63) is 78.0 Å². The highest BCUT2D eigenvalue weighted by Crippen LogP contribution is 2.37. The van der Waals surface area contributed by atoms with Crippen LogP contribution in [0, 0.1) is 0 Å². The fraction of sp³-hybridized carbons (Fsp3) is 0.308. The summed E-state index contributed by atoms with van der Waals surface area (Å²) < 4.78 is 16.8. The van der Waals surface area contributed by atoms with E-state index in [1.807, 2.05) is 65.6 Å². The molecule has 0 aliphatic carbocycles. The van der Waals surface area contributed by atoms with E-state index in [2.05, 4.69) is 9.88 Å². The van der Waals surface area contributed by atoms with Gasteiger partial charge in [-0.3, -0.25) is 9.69 Å². The average molecular weight is 446 g/mol. The number of nitrogens with zero attached hydrogens (tertiary/aromatic N) is 3. The van der Waals surface area contributed by atoms with Gasteiger partial charge >= 0.3 is 0 Å². The van der Waals surface area contributed by atoms with E-state index in [4.69, 9.17) is 14.2 Å². The number of amides is 1. The number of para-hydroxylation sites is 2. The Kier molecular flexibility index (Phi) is 5.88. The summed E-state index contributed by atoms with van der Waals surface area (Å²) in [7, 11) is 3.25. The lowest BCUT2D eigenvalue weighted by molar-refractivity contribution is -0.123. The third-order valence-electron chi connectivity index (χ3n) is 6.26. The number of hydrogen-bond donors (Lipinski definition) is 0. The van der Waals surface area contributed by atoms with Gasteiger partial charge in [0.05, 0.1) is 32.5 Å². The van der Waals surface area contributed by atoms with Crippen LogP contribution in [0.4, 0.5) is 5.69 Å². The molecule has 1 saturated heterocycles. The Bertz CT molecular complexity index is 1120. The number of carbonyl (C=O) groups is 1. The SMILES string of the molecule is COc1ccc(CN2C(=O)[C@@H]3C[C@@H](CN3Cc3ccc(OC)nc3)Oc3ccccc32)cc1. The van der Waals surface area contributed by atoms with Crippen molar-refractivity contribution < 1.29 is 19.0 Å². The molecular formula is C26H27N3O4. The molecule has 7 nitrogen and oxygen atoms in total. The summed E-state index contributed by atoms with van der Waals surface area (Å²) in [4.78, 5) is 22.3. The van der Waals surface area contributed by atoms with Gasteiger partial charge in [-0.15, -0.1) is 0 Å². The zero-order valence-corrected chi connectivity index (χ0v) is 18.8. The van der Waals surface area contributed by atoms with Crippen LogP contribution in [0.15, 0.2) is 66.9 Å². The van der Waals surface area contributed by atoms with Gasteiger partial charge in [0.15, 0.2) is 0 Å². The van der Waals surface area contributed by atoms with Crippen LogP contribution in [0.5, 0.6) is 17.4 Å². The largest absolute Gasteiger partial charge is 0.497 e. The Morgan fingerprint density at radius 3 is 2.48 bits per heavy atom. The van der Waals surface area contributed by atoms with Crippen molar-refractivity contribution in [2.45, 2.75) is 31.7 Å². The van der Waals surface area contributed by atoms with Gasteiger partial charge in [0.1, 0.15) is 17.6 Å². The molecular weight excluding hydrogens is 418 g/mol. The molecule has 3 aromatic rings. The molecule has 2 atom stereocenters. The molecule has 170 valence electrons. The van der Waals surface area contributed by atoms with E-state index in [9.17, 15) is 4.79 Å². The van der Waals surface area contributed by atoms with Crippen LogP contribution in [0.2, 0.25) is 0 Å². The molecule has 0 radical (unpaired) electrons. The van der Waals surface area contributed by atoms with Crippen LogP contribution in [0.1, 0.15) is 17.5 Å². The van der Waals surface area contributed by atoms with E-state index < -0.39 is 0 Å². The average Bonchev–Trinajstić information content (AvgIpc) is 3.26. The highest BCUT2D eigenvalue weighted by Gasteiger charge is 2.42. The highest BCUT2D eigenvalue weighted by atomic mass is 16.5. The van der Waals surface area contributed by atoms with Crippen molar-refractivity contribution >= 4 is 11.6 Å². The van der Waals surface area contributed by atoms with Gasteiger partial charge in [0.25, 0.3) is 0 Å². The molecule has 1 fully saturated rings. The number of hydrogen-bond acceptors (Lipinski definition) is 6. The zero-order valence-electron chi connectivity index (χ0n) is 18.8. The Labute approximate surface area is 193 Å². The summed E-state index contributed by atoms with van der Waals surface area (Å²) in [5.74, 6) is 2.20. The summed E-state index contributed by atoms with van der Waals surface area (Å²) in [6.07, 6.45) is 2.43. The molecule has 2 aliphatic heterocycles. The quantitative estimate of drug-likeness (QED) is 0.577. The van der Waals surface area contributed by atoms with E-state index in [0.29, 0.717) is 31.9 Å². The Morgan fingerprint density at radius 1 is 0.970 bits per heavy atom. The molecule has 1 aromatic heterocycles. The Balaban J connectivity index is 1.44. The van der Waals surface area contributed by atoms with Crippen LogP contribution >= 0.6 is 0 Å². The second-order valence-corrected chi connectivity index (χ2v) is 8.37. The van der Waals surface area contributed by atoms with Gasteiger partial charge in [-0.1, -0.05) is 30.3 Å². The molecule has 33 heavy (non-hydrogen) atoms. The molecule has 5 rings (SSSR count). The van der Waals surface area contributed by atoms with E-state index in [1.165, 1.54) is 0 Å². The van der Waals surface area contributed by atoms with Crippen LogP contribution in [-0.2, 0) is 17.9 Å². The Hall–Kier alpha value is -3.58. The van der Waals surface area contributed by atoms with Crippen molar-refractivity contribution in [3.8, 4) is 17.4 Å². The molecule has 2 aliphatic rings. The first-order chi connectivity index (χ1) is 16.1.